The van der Waals surface area contributed by atoms with Gasteiger partial charge in [0.25, 0.3) is 0 Å². The highest BCUT2D eigenvalue weighted by molar-refractivity contribution is 7.80. The molecule has 0 radical (unpaired) electrons. The first-order chi connectivity index (χ1) is 15.9. The van der Waals surface area contributed by atoms with Crippen molar-refractivity contribution in [2.75, 3.05) is 17.3 Å². The number of hydrogen-bond donors (Lipinski definition) is 2. The van der Waals surface area contributed by atoms with Gasteiger partial charge in [-0.3, -0.25) is 9.69 Å². The van der Waals surface area contributed by atoms with Gasteiger partial charge in [0.2, 0.25) is 5.91 Å². The first-order valence-electron chi connectivity index (χ1n) is 10.5. The Kier molecular flexibility index (Phi) is 5.38. The van der Waals surface area contributed by atoms with Gasteiger partial charge in [-0.1, -0.05) is 35.9 Å². The van der Waals surface area contributed by atoms with Gasteiger partial charge in [-0.05, 0) is 67.7 Å². The molecular weight excluding hydrogens is 458 g/mol. The standard InChI is InChI=1S/C25H22ClN3O3S/c1-25-21(23(30)27-16-10-12-18(31-2)13-11-16)22(19-8-3-4-9-20(19)32-25)28-24(33)29(25)17-7-5-6-15(26)14-17/h3-14,21-22H,1-2H3,(H,27,30)(H,28,33)/t21-,22-,25+/m1/s1. The van der Waals surface area contributed by atoms with Crippen molar-refractivity contribution in [2.45, 2.75) is 18.7 Å². The van der Waals surface area contributed by atoms with Gasteiger partial charge >= 0.3 is 0 Å². The maximum Gasteiger partial charge on any atom is 0.236 e. The molecule has 33 heavy (non-hydrogen) atoms. The molecule has 2 bridgehead atoms. The summed E-state index contributed by atoms with van der Waals surface area (Å²) in [6.07, 6.45) is 0. The zero-order valence-electron chi connectivity index (χ0n) is 18.0. The summed E-state index contributed by atoms with van der Waals surface area (Å²) >= 11 is 12.0. The lowest BCUT2D eigenvalue weighted by Gasteiger charge is -2.56. The van der Waals surface area contributed by atoms with Crippen molar-refractivity contribution in [3.8, 4) is 11.5 Å². The van der Waals surface area contributed by atoms with Crippen molar-refractivity contribution >= 4 is 46.2 Å². The maximum atomic E-state index is 13.7. The molecule has 6 nitrogen and oxygen atoms in total. The Balaban J connectivity index is 1.59. The van der Waals surface area contributed by atoms with Crippen molar-refractivity contribution in [3.63, 3.8) is 0 Å². The lowest BCUT2D eigenvalue weighted by Crippen LogP contribution is -2.72. The van der Waals surface area contributed by atoms with Crippen molar-refractivity contribution < 1.29 is 14.3 Å². The van der Waals surface area contributed by atoms with Gasteiger partial charge in [-0.25, -0.2) is 0 Å². The van der Waals surface area contributed by atoms with E-state index in [1.165, 1.54) is 0 Å². The van der Waals surface area contributed by atoms with Crippen LogP contribution >= 0.6 is 23.8 Å². The number of nitrogens with zero attached hydrogens (tertiary/aromatic N) is 1. The van der Waals surface area contributed by atoms with Crippen LogP contribution in [0.15, 0.2) is 72.8 Å². The second-order valence-electron chi connectivity index (χ2n) is 8.13. The average Bonchev–Trinajstić information content (AvgIpc) is 2.79. The molecule has 1 fully saturated rings. The van der Waals surface area contributed by atoms with Gasteiger partial charge < -0.3 is 20.1 Å². The summed E-state index contributed by atoms with van der Waals surface area (Å²) in [5.74, 6) is 0.607. The van der Waals surface area contributed by atoms with E-state index in [0.29, 0.717) is 27.3 Å². The average molecular weight is 480 g/mol. The predicted molar refractivity (Wildman–Crippen MR) is 133 cm³/mol. The molecule has 3 aromatic rings. The SMILES string of the molecule is COc1ccc(NC(=O)[C@H]2[C@@H]3NC(=S)N(c4cccc(Cl)c4)[C@@]2(C)Oc2ccccc23)cc1. The first-order valence-corrected chi connectivity index (χ1v) is 11.3. The number of amides is 1. The van der Waals surface area contributed by atoms with E-state index in [4.69, 9.17) is 33.3 Å². The van der Waals surface area contributed by atoms with Gasteiger partial charge in [0.1, 0.15) is 17.4 Å². The number of ether oxygens (including phenoxy) is 2. The van der Waals surface area contributed by atoms with Crippen LogP contribution in [0.25, 0.3) is 0 Å². The number of anilines is 2. The predicted octanol–water partition coefficient (Wildman–Crippen LogP) is 5.15. The van der Waals surface area contributed by atoms with E-state index in [-0.39, 0.29) is 11.9 Å². The number of carbonyl (C=O) groups is 1. The van der Waals surface area contributed by atoms with Crippen LogP contribution in [0.1, 0.15) is 18.5 Å². The van der Waals surface area contributed by atoms with Crippen LogP contribution in [0.3, 0.4) is 0 Å². The van der Waals surface area contributed by atoms with Gasteiger partial charge in [-0.15, -0.1) is 0 Å². The first kappa shape index (κ1) is 21.6. The largest absolute Gasteiger partial charge is 0.497 e. The van der Waals surface area contributed by atoms with Gasteiger partial charge in [0.05, 0.1) is 13.2 Å². The molecule has 2 heterocycles. The highest BCUT2D eigenvalue weighted by atomic mass is 35.5. The molecule has 1 amide bonds. The van der Waals surface area contributed by atoms with E-state index in [9.17, 15) is 4.79 Å². The molecule has 168 valence electrons. The van der Waals surface area contributed by atoms with Crippen LogP contribution in [-0.2, 0) is 4.79 Å². The number of hydrogen-bond acceptors (Lipinski definition) is 4. The summed E-state index contributed by atoms with van der Waals surface area (Å²) in [6.45, 7) is 1.89. The van der Waals surface area contributed by atoms with Crippen molar-refractivity contribution in [1.29, 1.82) is 0 Å². The number of halogens is 1. The molecule has 3 atom stereocenters. The molecule has 2 aliphatic heterocycles. The summed E-state index contributed by atoms with van der Waals surface area (Å²) < 4.78 is 11.8. The third kappa shape index (κ3) is 3.67. The fourth-order valence-corrected chi connectivity index (χ4v) is 5.23. The molecule has 0 aromatic heterocycles. The number of benzene rings is 3. The Bertz CT molecular complexity index is 1240. The van der Waals surface area contributed by atoms with Crippen LogP contribution in [0, 0.1) is 5.92 Å². The van der Waals surface area contributed by atoms with Crippen molar-refractivity contribution in [2.24, 2.45) is 5.92 Å². The van der Waals surface area contributed by atoms with Crippen LogP contribution in [0.2, 0.25) is 5.02 Å². The van der Waals surface area contributed by atoms with Crippen molar-refractivity contribution in [1.82, 2.24) is 5.32 Å². The molecule has 1 saturated heterocycles. The molecule has 5 rings (SSSR count). The molecule has 8 heteroatoms. The van der Waals surface area contributed by atoms with E-state index in [1.807, 2.05) is 54.3 Å². The molecule has 3 aromatic carbocycles. The van der Waals surface area contributed by atoms with E-state index in [0.717, 1.165) is 11.3 Å². The van der Waals surface area contributed by atoms with E-state index in [2.05, 4.69) is 10.6 Å². The molecule has 2 N–H and O–H groups in total. The number of fused-ring (bicyclic) bond motifs is 4. The summed E-state index contributed by atoms with van der Waals surface area (Å²) in [4.78, 5) is 15.6. The van der Waals surface area contributed by atoms with E-state index < -0.39 is 11.6 Å². The minimum absolute atomic E-state index is 0.191. The zero-order chi connectivity index (χ0) is 23.2. The van der Waals surface area contributed by atoms with Gasteiger partial charge in [0.15, 0.2) is 10.8 Å². The number of thiocarbonyl (C=S) groups is 1. The second-order valence-corrected chi connectivity index (χ2v) is 8.96. The summed E-state index contributed by atoms with van der Waals surface area (Å²) in [5.41, 5.74) is 1.20. The third-order valence-corrected chi connectivity index (χ3v) is 6.65. The topological polar surface area (TPSA) is 62.8 Å². The fraction of sp³-hybridized carbons (Fsp3) is 0.200. The Hall–Kier alpha value is -3.29. The number of rotatable bonds is 4. The molecule has 0 spiro atoms. The number of carbonyl (C=O) groups excluding carboxylic acids is 1. The lowest BCUT2D eigenvalue weighted by atomic mass is 9.78. The Morgan fingerprint density at radius 2 is 1.91 bits per heavy atom. The monoisotopic (exact) mass is 479 g/mol. The number of para-hydroxylation sites is 1. The van der Waals surface area contributed by atoms with E-state index >= 15 is 0 Å². The molecule has 0 unspecified atom stereocenters. The van der Waals surface area contributed by atoms with Crippen LogP contribution in [0.4, 0.5) is 11.4 Å². The molecule has 2 aliphatic rings. The Morgan fingerprint density at radius 3 is 2.64 bits per heavy atom. The van der Waals surface area contributed by atoms with E-state index in [1.54, 1.807) is 37.4 Å². The normalized spacial score (nSPS) is 23.1. The Labute approximate surface area is 202 Å². The fourth-order valence-electron chi connectivity index (χ4n) is 4.63. The lowest BCUT2D eigenvalue weighted by molar-refractivity contribution is -0.130. The van der Waals surface area contributed by atoms with Crippen LogP contribution in [-0.4, -0.2) is 23.9 Å². The summed E-state index contributed by atoms with van der Waals surface area (Å²) in [7, 11) is 1.60. The molecular formula is C25H22ClN3O3S. The number of methoxy groups -OCH3 is 1. The van der Waals surface area contributed by atoms with Gasteiger partial charge in [0, 0.05) is 22.0 Å². The molecule has 0 aliphatic carbocycles. The quantitative estimate of drug-likeness (QED) is 0.505. The smallest absolute Gasteiger partial charge is 0.236 e. The number of nitrogens with one attached hydrogen (secondary N) is 2. The summed E-state index contributed by atoms with van der Waals surface area (Å²) in [5, 5.41) is 7.45. The minimum atomic E-state index is -1.09. The zero-order valence-corrected chi connectivity index (χ0v) is 19.6. The maximum absolute atomic E-state index is 13.7. The minimum Gasteiger partial charge on any atom is -0.497 e. The van der Waals surface area contributed by atoms with Gasteiger partial charge in [-0.2, -0.15) is 0 Å². The highest BCUT2D eigenvalue weighted by Gasteiger charge is 2.59. The van der Waals surface area contributed by atoms with Crippen molar-refractivity contribution in [3.05, 3.63) is 83.4 Å². The Morgan fingerprint density at radius 1 is 1.15 bits per heavy atom. The molecule has 0 saturated carbocycles. The highest BCUT2D eigenvalue weighted by Crippen LogP contribution is 2.49. The third-order valence-electron chi connectivity index (χ3n) is 6.11. The second kappa shape index (κ2) is 8.24. The summed E-state index contributed by atoms with van der Waals surface area (Å²) in [6, 6.07) is 21.9. The van der Waals surface area contributed by atoms with Crippen LogP contribution < -0.4 is 25.0 Å². The van der Waals surface area contributed by atoms with Crippen LogP contribution in [0.5, 0.6) is 11.5 Å².